The first kappa shape index (κ1) is 9.61. The Labute approximate surface area is 88.9 Å². The van der Waals surface area contributed by atoms with Gasteiger partial charge in [-0.25, -0.2) is 9.37 Å². The van der Waals surface area contributed by atoms with E-state index in [-0.39, 0.29) is 5.82 Å². The number of para-hydroxylation sites is 1. The van der Waals surface area contributed by atoms with Crippen LogP contribution in [0.2, 0.25) is 0 Å². The Hall–Kier alpha value is -0.940. The van der Waals surface area contributed by atoms with Gasteiger partial charge < -0.3 is 10.3 Å². The zero-order valence-electron chi connectivity index (χ0n) is 7.37. The smallest absolute Gasteiger partial charge is 0.178 e. The van der Waals surface area contributed by atoms with Crippen molar-refractivity contribution < 1.29 is 4.39 Å². The Morgan fingerprint density at radius 1 is 1.50 bits per heavy atom. The molecule has 2 aromatic rings. The molecule has 0 amide bonds. The Bertz CT molecular complexity index is 466. The normalized spacial score (nSPS) is 11.1. The molecule has 1 aromatic heterocycles. The van der Waals surface area contributed by atoms with Crippen LogP contribution in [0.1, 0.15) is 0 Å². The molecule has 2 rings (SSSR count). The van der Waals surface area contributed by atoms with Crippen LogP contribution in [0.3, 0.4) is 0 Å². The van der Waals surface area contributed by atoms with Crippen LogP contribution in [-0.2, 0) is 6.54 Å². The van der Waals surface area contributed by atoms with Crippen molar-refractivity contribution in [3.63, 3.8) is 0 Å². The van der Waals surface area contributed by atoms with Gasteiger partial charge in [-0.2, -0.15) is 0 Å². The van der Waals surface area contributed by atoms with Crippen molar-refractivity contribution in [2.45, 2.75) is 6.54 Å². The van der Waals surface area contributed by atoms with Crippen molar-refractivity contribution >= 4 is 27.0 Å². The molecule has 5 heteroatoms. The van der Waals surface area contributed by atoms with Gasteiger partial charge in [0.2, 0.25) is 0 Å². The van der Waals surface area contributed by atoms with Gasteiger partial charge in [0.05, 0.1) is 5.52 Å². The zero-order valence-corrected chi connectivity index (χ0v) is 8.96. The van der Waals surface area contributed by atoms with Crippen LogP contribution in [0.5, 0.6) is 0 Å². The van der Waals surface area contributed by atoms with Gasteiger partial charge in [-0.05, 0) is 28.1 Å². The highest BCUT2D eigenvalue weighted by atomic mass is 79.9. The number of rotatable bonds is 2. The zero-order chi connectivity index (χ0) is 10.1. The lowest BCUT2D eigenvalue weighted by Crippen LogP contribution is -2.09. The lowest BCUT2D eigenvalue weighted by Gasteiger charge is -2.02. The molecule has 1 heterocycles. The molecule has 1 aromatic carbocycles. The summed E-state index contributed by atoms with van der Waals surface area (Å²) < 4.78 is 15.8. The molecular weight excluding hydrogens is 249 g/mol. The monoisotopic (exact) mass is 257 g/mol. The van der Waals surface area contributed by atoms with Gasteiger partial charge in [0, 0.05) is 13.1 Å². The Morgan fingerprint density at radius 2 is 2.29 bits per heavy atom. The number of benzene rings is 1. The predicted octanol–water partition coefficient (Wildman–Crippen LogP) is 1.90. The molecule has 3 nitrogen and oxygen atoms in total. The van der Waals surface area contributed by atoms with Crippen LogP contribution in [0.25, 0.3) is 11.0 Å². The number of fused-ring (bicyclic) bond motifs is 1. The molecule has 0 radical (unpaired) electrons. The van der Waals surface area contributed by atoms with Crippen molar-refractivity contribution in [1.82, 2.24) is 9.55 Å². The molecule has 0 unspecified atom stereocenters. The lowest BCUT2D eigenvalue weighted by molar-refractivity contribution is 0.637. The summed E-state index contributed by atoms with van der Waals surface area (Å²) in [4.78, 5) is 4.08. The van der Waals surface area contributed by atoms with E-state index < -0.39 is 0 Å². The van der Waals surface area contributed by atoms with Crippen molar-refractivity contribution in [1.29, 1.82) is 0 Å². The average molecular weight is 258 g/mol. The summed E-state index contributed by atoms with van der Waals surface area (Å²) in [6.07, 6.45) is 0. The summed E-state index contributed by atoms with van der Waals surface area (Å²) in [5.74, 6) is -0.307. The molecule has 0 spiro atoms. The standard InChI is InChI=1S/C9H9BrFN3/c10-9-13-8-6(11)2-1-3-7(8)14(9)5-4-12/h1-3H,4-5,12H2. The summed E-state index contributed by atoms with van der Waals surface area (Å²) in [5.41, 5.74) is 6.60. The van der Waals surface area contributed by atoms with Crippen LogP contribution in [0.4, 0.5) is 4.39 Å². The number of nitrogens with two attached hydrogens (primary N) is 1. The van der Waals surface area contributed by atoms with E-state index in [1.165, 1.54) is 6.07 Å². The summed E-state index contributed by atoms with van der Waals surface area (Å²) in [6, 6.07) is 4.89. The van der Waals surface area contributed by atoms with E-state index in [1.807, 2.05) is 10.6 Å². The summed E-state index contributed by atoms with van der Waals surface area (Å²) in [6.45, 7) is 1.13. The molecule has 0 aliphatic heterocycles. The van der Waals surface area contributed by atoms with Crippen molar-refractivity contribution in [3.8, 4) is 0 Å². The topological polar surface area (TPSA) is 43.8 Å². The van der Waals surface area contributed by atoms with Gasteiger partial charge in [-0.1, -0.05) is 6.07 Å². The van der Waals surface area contributed by atoms with Crippen LogP contribution in [-0.4, -0.2) is 16.1 Å². The molecule has 0 aliphatic carbocycles. The first-order valence-corrected chi connectivity index (χ1v) is 5.03. The molecule has 0 aliphatic rings. The van der Waals surface area contributed by atoms with Gasteiger partial charge in [0.1, 0.15) is 5.52 Å². The molecule has 0 fully saturated rings. The summed E-state index contributed by atoms with van der Waals surface area (Å²) in [7, 11) is 0. The van der Waals surface area contributed by atoms with E-state index in [0.717, 1.165) is 5.52 Å². The summed E-state index contributed by atoms with van der Waals surface area (Å²) >= 11 is 3.27. The third-order valence-corrected chi connectivity index (χ3v) is 2.64. The van der Waals surface area contributed by atoms with Crippen LogP contribution >= 0.6 is 15.9 Å². The van der Waals surface area contributed by atoms with E-state index in [1.54, 1.807) is 6.07 Å². The average Bonchev–Trinajstić information content (AvgIpc) is 2.47. The molecule has 0 saturated heterocycles. The number of aromatic nitrogens is 2. The van der Waals surface area contributed by atoms with Gasteiger partial charge >= 0.3 is 0 Å². The van der Waals surface area contributed by atoms with Crippen LogP contribution in [0, 0.1) is 5.82 Å². The van der Waals surface area contributed by atoms with Crippen LogP contribution in [0.15, 0.2) is 22.9 Å². The quantitative estimate of drug-likeness (QED) is 0.893. The fourth-order valence-corrected chi connectivity index (χ4v) is 1.97. The third-order valence-electron chi connectivity index (χ3n) is 2.04. The molecule has 14 heavy (non-hydrogen) atoms. The number of halogens is 2. The third kappa shape index (κ3) is 1.42. The first-order chi connectivity index (χ1) is 6.74. The Kier molecular flexibility index (Phi) is 2.52. The van der Waals surface area contributed by atoms with E-state index in [4.69, 9.17) is 5.73 Å². The SMILES string of the molecule is NCCn1c(Br)nc2c(F)cccc21. The number of nitrogens with zero attached hydrogens (tertiary/aromatic N) is 2. The first-order valence-electron chi connectivity index (χ1n) is 4.24. The van der Waals surface area contributed by atoms with Crippen molar-refractivity contribution in [2.75, 3.05) is 6.54 Å². The second-order valence-electron chi connectivity index (χ2n) is 2.93. The maximum Gasteiger partial charge on any atom is 0.178 e. The number of imidazole rings is 1. The highest BCUT2D eigenvalue weighted by molar-refractivity contribution is 9.10. The minimum atomic E-state index is -0.307. The van der Waals surface area contributed by atoms with E-state index >= 15 is 0 Å². The van der Waals surface area contributed by atoms with Gasteiger partial charge in [-0.3, -0.25) is 0 Å². The van der Waals surface area contributed by atoms with Gasteiger partial charge in [-0.15, -0.1) is 0 Å². The van der Waals surface area contributed by atoms with E-state index in [2.05, 4.69) is 20.9 Å². The van der Waals surface area contributed by atoms with E-state index in [0.29, 0.717) is 23.3 Å². The molecule has 2 N–H and O–H groups in total. The molecule has 0 atom stereocenters. The van der Waals surface area contributed by atoms with Crippen molar-refractivity contribution in [2.24, 2.45) is 5.73 Å². The molecule has 74 valence electrons. The Balaban J connectivity index is 2.70. The van der Waals surface area contributed by atoms with Gasteiger partial charge in [0.25, 0.3) is 0 Å². The maximum atomic E-state index is 13.3. The number of hydrogen-bond donors (Lipinski definition) is 1. The molecule has 0 saturated carbocycles. The van der Waals surface area contributed by atoms with E-state index in [9.17, 15) is 4.39 Å². The lowest BCUT2D eigenvalue weighted by atomic mass is 10.3. The fraction of sp³-hybridized carbons (Fsp3) is 0.222. The highest BCUT2D eigenvalue weighted by Gasteiger charge is 2.10. The fourth-order valence-electron chi connectivity index (χ4n) is 1.43. The summed E-state index contributed by atoms with van der Waals surface area (Å²) in [5, 5.41) is 0. The van der Waals surface area contributed by atoms with Crippen molar-refractivity contribution in [3.05, 3.63) is 28.7 Å². The largest absolute Gasteiger partial charge is 0.329 e. The van der Waals surface area contributed by atoms with Gasteiger partial charge in [0.15, 0.2) is 10.6 Å². The number of hydrogen-bond acceptors (Lipinski definition) is 2. The Morgan fingerprint density at radius 3 is 3.00 bits per heavy atom. The highest BCUT2D eigenvalue weighted by Crippen LogP contribution is 2.21. The minimum Gasteiger partial charge on any atom is -0.329 e. The van der Waals surface area contributed by atoms with Crippen LogP contribution < -0.4 is 5.73 Å². The minimum absolute atomic E-state index is 0.307. The molecule has 0 bridgehead atoms. The second kappa shape index (κ2) is 3.67. The molecular formula is C9H9BrFN3. The maximum absolute atomic E-state index is 13.3. The second-order valence-corrected chi connectivity index (χ2v) is 3.64. The predicted molar refractivity (Wildman–Crippen MR) is 56.4 cm³/mol.